The lowest BCUT2D eigenvalue weighted by molar-refractivity contribution is -0.154. The van der Waals surface area contributed by atoms with Crippen LogP contribution >= 0.6 is 23.2 Å². The van der Waals surface area contributed by atoms with E-state index in [0.29, 0.717) is 10.6 Å². The Balaban J connectivity index is 2.90. The van der Waals surface area contributed by atoms with Gasteiger partial charge in [0.15, 0.2) is 0 Å². The first-order valence-electron chi connectivity index (χ1n) is 4.52. The Morgan fingerprint density at radius 2 is 1.94 bits per heavy atom. The van der Waals surface area contributed by atoms with E-state index in [1.807, 2.05) is 0 Å². The predicted octanol–water partition coefficient (Wildman–Crippen LogP) is 3.69. The van der Waals surface area contributed by atoms with Gasteiger partial charge in [-0.25, -0.2) is 0 Å². The fourth-order valence-corrected chi connectivity index (χ4v) is 1.69. The molecule has 16 heavy (non-hydrogen) atoms. The molecule has 1 nitrogen and oxygen atoms in total. The zero-order valence-electron chi connectivity index (χ0n) is 8.41. The maximum absolute atomic E-state index is 12.5. The minimum absolute atomic E-state index is 0.237. The fraction of sp³-hybridized carbons (Fsp3) is 0.400. The Morgan fingerprint density at radius 1 is 1.31 bits per heavy atom. The number of hydrogen-bond acceptors (Lipinski definition) is 1. The lowest BCUT2D eigenvalue weighted by Gasteiger charge is -2.20. The van der Waals surface area contributed by atoms with E-state index in [9.17, 15) is 13.2 Å². The van der Waals surface area contributed by atoms with Crippen LogP contribution in [0.3, 0.4) is 0 Å². The molecule has 1 aromatic carbocycles. The Bertz CT molecular complexity index is 366. The van der Waals surface area contributed by atoms with Crippen molar-refractivity contribution < 1.29 is 13.2 Å². The van der Waals surface area contributed by atoms with E-state index in [4.69, 9.17) is 23.2 Å². The number of alkyl halides is 3. The fourth-order valence-electron chi connectivity index (χ4n) is 1.30. The second-order valence-corrected chi connectivity index (χ2v) is 4.17. The van der Waals surface area contributed by atoms with Crippen LogP contribution in [0.25, 0.3) is 0 Å². The third-order valence-corrected chi connectivity index (χ3v) is 2.78. The summed E-state index contributed by atoms with van der Waals surface area (Å²) >= 11 is 11.5. The second kappa shape index (κ2) is 5.25. The molecule has 6 heteroatoms. The molecule has 0 spiro atoms. The normalized spacial score (nSPS) is 13.9. The van der Waals surface area contributed by atoms with E-state index in [1.165, 1.54) is 25.2 Å². The van der Waals surface area contributed by atoms with Gasteiger partial charge in [-0.15, -0.1) is 0 Å². The quantitative estimate of drug-likeness (QED) is 0.884. The number of hydrogen-bond donors (Lipinski definition) is 1. The minimum atomic E-state index is -4.31. The molecule has 0 saturated heterocycles. The van der Waals surface area contributed by atoms with Crippen molar-refractivity contribution in [2.45, 2.75) is 18.6 Å². The maximum atomic E-state index is 12.5. The van der Waals surface area contributed by atoms with Crippen molar-refractivity contribution >= 4 is 23.2 Å². The molecule has 0 radical (unpaired) electrons. The third-order valence-electron chi connectivity index (χ3n) is 2.18. The first-order valence-corrected chi connectivity index (χ1v) is 5.28. The van der Waals surface area contributed by atoms with E-state index in [-0.39, 0.29) is 11.4 Å². The molecule has 0 aromatic heterocycles. The van der Waals surface area contributed by atoms with E-state index >= 15 is 0 Å². The molecule has 0 aliphatic carbocycles. The smallest absolute Gasteiger partial charge is 0.309 e. The highest BCUT2D eigenvalue weighted by Gasteiger charge is 2.38. The number of rotatable bonds is 3. The maximum Gasteiger partial charge on any atom is 0.404 e. The molecule has 0 bridgehead atoms. The summed E-state index contributed by atoms with van der Waals surface area (Å²) in [4.78, 5) is 0. The zero-order chi connectivity index (χ0) is 12.3. The Morgan fingerprint density at radius 3 is 2.44 bits per heavy atom. The van der Waals surface area contributed by atoms with Crippen molar-refractivity contribution in [1.82, 2.24) is 5.32 Å². The lowest BCUT2D eigenvalue weighted by atomic mass is 10.1. The molecule has 0 heterocycles. The summed E-state index contributed by atoms with van der Waals surface area (Å²) in [7, 11) is 1.26. The summed E-state index contributed by atoms with van der Waals surface area (Å²) in [5.74, 6) is 0. The van der Waals surface area contributed by atoms with Crippen LogP contribution in [0.5, 0.6) is 0 Å². The van der Waals surface area contributed by atoms with Crippen molar-refractivity contribution in [1.29, 1.82) is 0 Å². The molecule has 90 valence electrons. The molecule has 1 N–H and O–H groups in total. The van der Waals surface area contributed by atoms with Gasteiger partial charge in [-0.1, -0.05) is 23.2 Å². The zero-order valence-corrected chi connectivity index (χ0v) is 9.92. The third kappa shape index (κ3) is 3.54. The van der Waals surface area contributed by atoms with Crippen LogP contribution in [0.2, 0.25) is 10.0 Å². The van der Waals surface area contributed by atoms with Crippen LogP contribution < -0.4 is 5.32 Å². The molecule has 1 unspecified atom stereocenters. The van der Waals surface area contributed by atoms with E-state index in [1.54, 1.807) is 0 Å². The summed E-state index contributed by atoms with van der Waals surface area (Å²) in [6.45, 7) is 0. The second-order valence-electron chi connectivity index (χ2n) is 3.32. The Kier molecular flexibility index (Phi) is 4.47. The molecular weight excluding hydrogens is 262 g/mol. The number of nitrogens with one attached hydrogen (secondary N) is 1. The average molecular weight is 272 g/mol. The molecule has 0 aliphatic rings. The molecule has 1 rings (SSSR count). The first-order chi connectivity index (χ1) is 7.34. The molecule has 0 fully saturated rings. The van der Waals surface area contributed by atoms with Crippen LogP contribution in [0.4, 0.5) is 13.2 Å². The van der Waals surface area contributed by atoms with Gasteiger partial charge in [0.25, 0.3) is 0 Å². The average Bonchev–Trinajstić information content (AvgIpc) is 2.17. The van der Waals surface area contributed by atoms with Crippen molar-refractivity contribution in [2.24, 2.45) is 0 Å². The SMILES string of the molecule is CNC(Cc1cc(Cl)ccc1Cl)C(F)(F)F. The number of likely N-dealkylation sites (N-methyl/N-ethyl adjacent to an activating group) is 1. The van der Waals surface area contributed by atoms with Crippen molar-refractivity contribution in [3.05, 3.63) is 33.8 Å². The summed E-state index contributed by atoms with van der Waals surface area (Å²) in [5, 5.41) is 2.87. The topological polar surface area (TPSA) is 12.0 Å². The highest BCUT2D eigenvalue weighted by Crippen LogP contribution is 2.27. The Hall–Kier alpha value is -0.450. The van der Waals surface area contributed by atoms with Crippen LogP contribution in [-0.2, 0) is 6.42 Å². The number of halogens is 5. The van der Waals surface area contributed by atoms with Gasteiger partial charge in [0.1, 0.15) is 6.04 Å². The van der Waals surface area contributed by atoms with E-state index in [2.05, 4.69) is 5.32 Å². The monoisotopic (exact) mass is 271 g/mol. The summed E-state index contributed by atoms with van der Waals surface area (Å²) in [6, 6.07) is 2.85. The predicted molar refractivity (Wildman–Crippen MR) is 59.1 cm³/mol. The largest absolute Gasteiger partial charge is 0.404 e. The van der Waals surface area contributed by atoms with Gasteiger partial charge in [0, 0.05) is 10.0 Å². The van der Waals surface area contributed by atoms with Crippen LogP contribution in [0.15, 0.2) is 18.2 Å². The van der Waals surface area contributed by atoms with Crippen LogP contribution in [-0.4, -0.2) is 19.3 Å². The Labute approximate surface area is 102 Å². The van der Waals surface area contributed by atoms with Gasteiger partial charge in [-0.3, -0.25) is 0 Å². The first kappa shape index (κ1) is 13.6. The van der Waals surface area contributed by atoms with Gasteiger partial charge >= 0.3 is 6.18 Å². The summed E-state index contributed by atoms with van der Waals surface area (Å²) < 4.78 is 37.5. The minimum Gasteiger partial charge on any atom is -0.309 e. The van der Waals surface area contributed by atoms with Gasteiger partial charge in [-0.05, 0) is 37.2 Å². The van der Waals surface area contributed by atoms with Crippen molar-refractivity contribution in [2.75, 3.05) is 7.05 Å². The molecular formula is C10H10Cl2F3N. The van der Waals surface area contributed by atoms with Gasteiger partial charge in [-0.2, -0.15) is 13.2 Å². The van der Waals surface area contributed by atoms with Crippen molar-refractivity contribution in [3.63, 3.8) is 0 Å². The van der Waals surface area contributed by atoms with Gasteiger partial charge in [0.05, 0.1) is 0 Å². The van der Waals surface area contributed by atoms with Crippen LogP contribution in [0.1, 0.15) is 5.56 Å². The number of benzene rings is 1. The molecule has 1 aromatic rings. The van der Waals surface area contributed by atoms with Crippen LogP contribution in [0, 0.1) is 0 Å². The molecule has 0 amide bonds. The molecule has 0 saturated carbocycles. The van der Waals surface area contributed by atoms with E-state index in [0.717, 1.165) is 0 Å². The highest BCUT2D eigenvalue weighted by atomic mass is 35.5. The highest BCUT2D eigenvalue weighted by molar-refractivity contribution is 6.33. The summed E-state index contributed by atoms with van der Waals surface area (Å²) in [6.07, 6.45) is -4.54. The van der Waals surface area contributed by atoms with Crippen molar-refractivity contribution in [3.8, 4) is 0 Å². The molecule has 1 atom stereocenters. The molecule has 0 aliphatic heterocycles. The summed E-state index contributed by atoms with van der Waals surface area (Å²) in [5.41, 5.74) is 0.380. The van der Waals surface area contributed by atoms with Gasteiger partial charge in [0.2, 0.25) is 0 Å². The lowest BCUT2D eigenvalue weighted by Crippen LogP contribution is -2.41. The van der Waals surface area contributed by atoms with E-state index < -0.39 is 12.2 Å². The standard InChI is InChI=1S/C10H10Cl2F3N/c1-16-9(10(13,14)15)5-6-4-7(11)2-3-8(6)12/h2-4,9,16H,5H2,1H3. The van der Waals surface area contributed by atoms with Gasteiger partial charge < -0.3 is 5.32 Å².